The first-order valence-electron chi connectivity index (χ1n) is 7.99. The van der Waals surface area contributed by atoms with Gasteiger partial charge in [-0.25, -0.2) is 0 Å². The summed E-state index contributed by atoms with van der Waals surface area (Å²) in [6.07, 6.45) is 14.0. The molecule has 0 spiro atoms. The Morgan fingerprint density at radius 2 is 1.10 bits per heavy atom. The zero-order valence-corrected chi connectivity index (χ0v) is 16.0. The molecule has 0 aromatic rings. The SMILES string of the molecule is CCCCCCCCCCCCCC(=O)[O-].CCO.[Na+]. The van der Waals surface area contributed by atoms with E-state index in [1.807, 2.05) is 0 Å². The zero-order chi connectivity index (χ0) is 14.8. The first kappa shape index (κ1) is 25.4. The van der Waals surface area contributed by atoms with E-state index in [0.717, 1.165) is 12.8 Å². The molecule has 0 aliphatic heterocycles. The fraction of sp³-hybridized carbons (Fsp3) is 0.938. The monoisotopic (exact) mass is 296 g/mol. The molecule has 20 heavy (non-hydrogen) atoms. The Kier molecular flexibility index (Phi) is 31.0. The third-order valence-corrected chi connectivity index (χ3v) is 2.98. The third-order valence-electron chi connectivity index (χ3n) is 2.98. The molecule has 0 amide bonds. The van der Waals surface area contributed by atoms with E-state index in [0.29, 0.717) is 0 Å². The largest absolute Gasteiger partial charge is 1.00 e. The Balaban J connectivity index is -0.000000657. The number of carbonyl (C=O) groups is 1. The molecule has 0 aromatic carbocycles. The van der Waals surface area contributed by atoms with Crippen molar-refractivity contribution in [3.63, 3.8) is 0 Å². The van der Waals surface area contributed by atoms with Gasteiger partial charge in [0.25, 0.3) is 0 Å². The third kappa shape index (κ3) is 31.0. The number of unbranched alkanes of at least 4 members (excludes halogenated alkanes) is 10. The maximum absolute atomic E-state index is 10.1. The first-order chi connectivity index (χ1) is 9.18. The minimum atomic E-state index is -0.907. The van der Waals surface area contributed by atoms with Crippen LogP contribution < -0.4 is 34.7 Å². The molecular weight excluding hydrogens is 263 g/mol. The van der Waals surface area contributed by atoms with Gasteiger partial charge in [-0.3, -0.25) is 0 Å². The number of hydrogen-bond acceptors (Lipinski definition) is 3. The summed E-state index contributed by atoms with van der Waals surface area (Å²) in [7, 11) is 0. The molecule has 0 unspecified atom stereocenters. The van der Waals surface area contributed by atoms with Crippen LogP contribution in [0.15, 0.2) is 0 Å². The molecule has 0 aromatic heterocycles. The summed E-state index contributed by atoms with van der Waals surface area (Å²) < 4.78 is 0. The van der Waals surface area contributed by atoms with Crippen molar-refractivity contribution in [1.82, 2.24) is 0 Å². The van der Waals surface area contributed by atoms with Gasteiger partial charge in [0.15, 0.2) is 0 Å². The Morgan fingerprint density at radius 3 is 1.40 bits per heavy atom. The molecule has 0 rings (SSSR count). The second kappa shape index (κ2) is 24.4. The van der Waals surface area contributed by atoms with Crippen molar-refractivity contribution < 1.29 is 44.6 Å². The number of rotatable bonds is 12. The van der Waals surface area contributed by atoms with E-state index < -0.39 is 5.97 Å². The van der Waals surface area contributed by atoms with Crippen LogP contribution in [0.3, 0.4) is 0 Å². The van der Waals surface area contributed by atoms with Crippen molar-refractivity contribution in [2.45, 2.75) is 90.9 Å². The summed E-state index contributed by atoms with van der Waals surface area (Å²) >= 11 is 0. The van der Waals surface area contributed by atoms with E-state index in [9.17, 15) is 9.90 Å². The standard InChI is InChI=1S/C14H28O2.C2H6O.Na/c1-2-3-4-5-6-7-8-9-10-11-12-13-14(15)16;1-2-3;/h2-13H2,1H3,(H,15,16);3H,2H2,1H3;/q;;+1/p-1. The molecule has 0 heterocycles. The van der Waals surface area contributed by atoms with Gasteiger partial charge in [-0.05, 0) is 19.8 Å². The summed E-state index contributed by atoms with van der Waals surface area (Å²) in [5.74, 6) is -0.907. The normalized spacial score (nSPS) is 9.35. The minimum Gasteiger partial charge on any atom is -0.550 e. The molecule has 0 fully saturated rings. The Morgan fingerprint density at radius 1 is 0.800 bits per heavy atom. The summed E-state index contributed by atoms with van der Waals surface area (Å²) in [5, 5.41) is 17.7. The fourth-order valence-corrected chi connectivity index (χ4v) is 1.93. The van der Waals surface area contributed by atoms with Gasteiger partial charge in [0, 0.05) is 12.6 Å². The summed E-state index contributed by atoms with van der Waals surface area (Å²) in [6.45, 7) is 4.17. The number of carboxylic acids is 1. The van der Waals surface area contributed by atoms with Gasteiger partial charge < -0.3 is 15.0 Å². The van der Waals surface area contributed by atoms with Crippen LogP contribution in [0.2, 0.25) is 0 Å². The van der Waals surface area contributed by atoms with Crippen LogP contribution in [-0.4, -0.2) is 17.7 Å². The first-order valence-corrected chi connectivity index (χ1v) is 7.99. The van der Waals surface area contributed by atoms with Crippen LogP contribution >= 0.6 is 0 Å². The van der Waals surface area contributed by atoms with Crippen LogP contribution in [0.4, 0.5) is 0 Å². The van der Waals surface area contributed by atoms with Gasteiger partial charge >= 0.3 is 29.6 Å². The predicted molar refractivity (Wildman–Crippen MR) is 78.8 cm³/mol. The molecule has 0 saturated carbocycles. The number of hydrogen-bond donors (Lipinski definition) is 1. The van der Waals surface area contributed by atoms with Gasteiger partial charge in [0.05, 0.1) is 0 Å². The van der Waals surface area contributed by atoms with Crippen LogP contribution in [-0.2, 0) is 4.79 Å². The molecule has 0 bridgehead atoms. The molecule has 0 saturated heterocycles. The topological polar surface area (TPSA) is 60.4 Å². The number of aliphatic hydroxyl groups excluding tert-OH is 1. The van der Waals surface area contributed by atoms with Gasteiger partial charge in [0.1, 0.15) is 0 Å². The average molecular weight is 296 g/mol. The summed E-state index contributed by atoms with van der Waals surface area (Å²) in [4.78, 5) is 10.1. The number of aliphatic carboxylic acids is 1. The average Bonchev–Trinajstić information content (AvgIpc) is 2.36. The molecule has 3 nitrogen and oxygen atoms in total. The fourth-order valence-electron chi connectivity index (χ4n) is 1.93. The summed E-state index contributed by atoms with van der Waals surface area (Å²) in [5.41, 5.74) is 0. The zero-order valence-electron chi connectivity index (χ0n) is 14.0. The van der Waals surface area contributed by atoms with E-state index in [4.69, 9.17) is 5.11 Å². The van der Waals surface area contributed by atoms with Crippen LogP contribution in [0, 0.1) is 0 Å². The smallest absolute Gasteiger partial charge is 0.550 e. The van der Waals surface area contributed by atoms with E-state index >= 15 is 0 Å². The van der Waals surface area contributed by atoms with E-state index in [1.165, 1.54) is 57.8 Å². The van der Waals surface area contributed by atoms with Crippen molar-refractivity contribution in [2.24, 2.45) is 0 Å². The molecule has 1 N–H and O–H groups in total. The maximum Gasteiger partial charge on any atom is 1.00 e. The van der Waals surface area contributed by atoms with E-state index in [2.05, 4.69) is 6.92 Å². The second-order valence-electron chi connectivity index (χ2n) is 4.97. The van der Waals surface area contributed by atoms with Crippen molar-refractivity contribution in [2.75, 3.05) is 6.61 Å². The van der Waals surface area contributed by atoms with Gasteiger partial charge in [-0.2, -0.15) is 0 Å². The van der Waals surface area contributed by atoms with Gasteiger partial charge in [-0.1, -0.05) is 71.1 Å². The van der Waals surface area contributed by atoms with Crippen molar-refractivity contribution in [3.8, 4) is 0 Å². The minimum absolute atomic E-state index is 0. The molecule has 0 aliphatic carbocycles. The van der Waals surface area contributed by atoms with Gasteiger partial charge in [-0.15, -0.1) is 0 Å². The Labute approximate surface area is 147 Å². The van der Waals surface area contributed by atoms with Crippen LogP contribution in [0.25, 0.3) is 0 Å². The van der Waals surface area contributed by atoms with Gasteiger partial charge in [0.2, 0.25) is 0 Å². The predicted octanol–water partition coefficient (Wildman–Crippen LogP) is 0.440. The van der Waals surface area contributed by atoms with Crippen molar-refractivity contribution >= 4 is 5.97 Å². The second-order valence-corrected chi connectivity index (χ2v) is 4.97. The number of aliphatic hydroxyl groups is 1. The molecular formula is C16H33NaO3. The summed E-state index contributed by atoms with van der Waals surface area (Å²) in [6, 6.07) is 0. The molecule has 0 aliphatic rings. The number of carboxylic acid groups (broad SMARTS) is 1. The number of carbonyl (C=O) groups excluding carboxylic acids is 1. The van der Waals surface area contributed by atoms with Crippen molar-refractivity contribution in [1.29, 1.82) is 0 Å². The van der Waals surface area contributed by atoms with Crippen LogP contribution in [0.1, 0.15) is 90.9 Å². The van der Waals surface area contributed by atoms with E-state index in [-0.39, 0.29) is 42.6 Å². The molecule has 116 valence electrons. The Bertz CT molecular complexity index is 175. The quantitative estimate of drug-likeness (QED) is 0.420. The maximum atomic E-state index is 10.1. The van der Waals surface area contributed by atoms with E-state index in [1.54, 1.807) is 6.92 Å². The molecule has 4 heteroatoms. The Hall–Kier alpha value is 0.430. The van der Waals surface area contributed by atoms with Crippen molar-refractivity contribution in [3.05, 3.63) is 0 Å². The molecule has 0 atom stereocenters. The molecule has 0 radical (unpaired) electrons. The van der Waals surface area contributed by atoms with Crippen LogP contribution in [0.5, 0.6) is 0 Å².